The Morgan fingerprint density at radius 3 is 2.26 bits per heavy atom. The number of nitrogen functional groups attached to an aromatic ring is 1. The number of anilines is 1. The Kier molecular flexibility index (Phi) is 11.5. The molecule has 222 valence electrons. The predicted octanol–water partition coefficient (Wildman–Crippen LogP) is 3.41. The average Bonchev–Trinajstić information content (AvgIpc) is 2.99. The van der Waals surface area contributed by atoms with Crippen LogP contribution < -0.4 is 31.0 Å². The zero-order valence-electron chi connectivity index (χ0n) is 23.9. The molecule has 12 heteroatoms. The van der Waals surface area contributed by atoms with Crippen molar-refractivity contribution in [3.63, 3.8) is 0 Å². The predicted molar refractivity (Wildman–Crippen MR) is 170 cm³/mol. The number of nitrogens with two attached hydrogens (primary N) is 1. The highest BCUT2D eigenvalue weighted by molar-refractivity contribution is 14.1. The molecule has 3 aromatic carbocycles. The number of carbonyl (C=O) groups is 3. The van der Waals surface area contributed by atoms with Gasteiger partial charge >= 0.3 is 0 Å². The van der Waals surface area contributed by atoms with E-state index in [1.807, 2.05) is 19.1 Å². The van der Waals surface area contributed by atoms with Crippen molar-refractivity contribution in [2.75, 3.05) is 39.3 Å². The Hall–Kier alpha value is -4.33. The zero-order valence-corrected chi connectivity index (χ0v) is 26.1. The summed E-state index contributed by atoms with van der Waals surface area (Å²) in [7, 11) is 5.01. The summed E-state index contributed by atoms with van der Waals surface area (Å²) in [5.41, 5.74) is 13.8. The molecule has 0 aliphatic rings. The van der Waals surface area contributed by atoms with Crippen molar-refractivity contribution in [3.05, 3.63) is 89.0 Å². The van der Waals surface area contributed by atoms with Gasteiger partial charge in [0, 0.05) is 42.4 Å². The third kappa shape index (κ3) is 8.12. The van der Waals surface area contributed by atoms with Gasteiger partial charge in [-0.1, -0.05) is 46.9 Å². The van der Waals surface area contributed by atoms with Gasteiger partial charge in [-0.25, -0.2) is 0 Å². The lowest BCUT2D eigenvalue weighted by Crippen LogP contribution is -2.47. The van der Waals surface area contributed by atoms with E-state index in [1.165, 1.54) is 4.90 Å². The summed E-state index contributed by atoms with van der Waals surface area (Å²) in [5, 5.41) is 7.67. The minimum absolute atomic E-state index is 0.0716. The van der Waals surface area contributed by atoms with Gasteiger partial charge in [-0.2, -0.15) is 0 Å². The van der Waals surface area contributed by atoms with Crippen molar-refractivity contribution in [2.24, 2.45) is 5.73 Å². The van der Waals surface area contributed by atoms with Crippen molar-refractivity contribution < 1.29 is 23.9 Å². The standard InChI is InChI=1S/C30H35IN6O5/c1-5-41-25-16-20(12-15-24(25)42-18-26(38)36(2)3)27(37(4)22-13-10-19(11-14-22)28(32)33)30(40)35-34-29(39)23-9-7-6-8-21(23)17-31/h6-16,27H,5,17-18H2,1-4H3,(H3,32,33)(H,34,39)(H,35,40). The van der Waals surface area contributed by atoms with Crippen LogP contribution in [0.25, 0.3) is 0 Å². The van der Waals surface area contributed by atoms with Crippen LogP contribution in [0, 0.1) is 5.41 Å². The van der Waals surface area contributed by atoms with E-state index in [4.69, 9.17) is 20.6 Å². The zero-order chi connectivity index (χ0) is 30.8. The van der Waals surface area contributed by atoms with Gasteiger partial charge < -0.3 is 25.0 Å². The van der Waals surface area contributed by atoms with Crippen molar-refractivity contribution >= 4 is 51.8 Å². The quantitative estimate of drug-likeness (QED) is 0.0750. The number of nitrogens with zero attached hydrogens (tertiary/aromatic N) is 2. The molecule has 3 amide bonds. The summed E-state index contributed by atoms with van der Waals surface area (Å²) in [5.74, 6) is -0.517. The van der Waals surface area contributed by atoms with Crippen molar-refractivity contribution in [1.82, 2.24) is 15.8 Å². The average molecular weight is 687 g/mol. The molecule has 3 rings (SSSR count). The number of halogens is 1. The van der Waals surface area contributed by atoms with E-state index in [-0.39, 0.29) is 18.3 Å². The molecule has 1 atom stereocenters. The SMILES string of the molecule is CCOc1cc(C(C(=O)NNC(=O)c2ccccc2CI)N(C)c2ccc(C(=N)N)cc2)ccc1OCC(=O)N(C)C. The second-order valence-electron chi connectivity index (χ2n) is 9.42. The van der Waals surface area contributed by atoms with Gasteiger partial charge in [-0.15, -0.1) is 0 Å². The van der Waals surface area contributed by atoms with E-state index in [0.717, 1.165) is 5.56 Å². The number of carbonyl (C=O) groups excluding carboxylic acids is 3. The molecule has 3 aromatic rings. The number of benzene rings is 3. The Balaban J connectivity index is 1.95. The van der Waals surface area contributed by atoms with Crippen LogP contribution in [-0.4, -0.2) is 62.8 Å². The van der Waals surface area contributed by atoms with Gasteiger partial charge in [0.2, 0.25) is 0 Å². The summed E-state index contributed by atoms with van der Waals surface area (Å²) < 4.78 is 12.2. The van der Waals surface area contributed by atoms with E-state index >= 15 is 0 Å². The molecule has 5 N–H and O–H groups in total. The molecule has 0 aliphatic carbocycles. The monoisotopic (exact) mass is 686 g/mol. The van der Waals surface area contributed by atoms with Crippen LogP contribution in [0.1, 0.15) is 40.0 Å². The summed E-state index contributed by atoms with van der Waals surface area (Å²) in [6.07, 6.45) is 0. The van der Waals surface area contributed by atoms with Gasteiger partial charge in [-0.05, 0) is 60.5 Å². The highest BCUT2D eigenvalue weighted by Crippen LogP contribution is 2.34. The van der Waals surface area contributed by atoms with Crippen LogP contribution in [0.3, 0.4) is 0 Å². The van der Waals surface area contributed by atoms with E-state index in [2.05, 4.69) is 33.4 Å². The summed E-state index contributed by atoms with van der Waals surface area (Å²) in [4.78, 5) is 41.9. The van der Waals surface area contributed by atoms with Crippen LogP contribution >= 0.6 is 22.6 Å². The van der Waals surface area contributed by atoms with Crippen LogP contribution in [0.15, 0.2) is 66.7 Å². The number of hydrazine groups is 1. The molecule has 0 fully saturated rings. The van der Waals surface area contributed by atoms with Crippen molar-refractivity contribution in [3.8, 4) is 11.5 Å². The fraction of sp³-hybridized carbons (Fsp3) is 0.267. The first kappa shape index (κ1) is 32.2. The first-order valence-electron chi connectivity index (χ1n) is 13.1. The number of nitrogens with one attached hydrogen (secondary N) is 3. The van der Waals surface area contributed by atoms with Crippen LogP contribution in [-0.2, 0) is 14.0 Å². The lowest BCUT2D eigenvalue weighted by Gasteiger charge is -2.30. The molecule has 0 saturated heterocycles. The minimum Gasteiger partial charge on any atom is -0.490 e. The van der Waals surface area contributed by atoms with E-state index in [1.54, 1.807) is 80.6 Å². The summed E-state index contributed by atoms with van der Waals surface area (Å²) in [6.45, 7) is 1.97. The molecule has 1 unspecified atom stereocenters. The van der Waals surface area contributed by atoms with Gasteiger partial charge in [0.15, 0.2) is 18.1 Å². The number of alkyl halides is 1. The highest BCUT2D eigenvalue weighted by atomic mass is 127. The molecule has 0 radical (unpaired) electrons. The second kappa shape index (κ2) is 15.1. The fourth-order valence-corrected chi connectivity index (χ4v) is 4.70. The van der Waals surface area contributed by atoms with E-state index in [0.29, 0.717) is 44.9 Å². The van der Waals surface area contributed by atoms with Gasteiger partial charge in [0.1, 0.15) is 11.9 Å². The maximum Gasteiger partial charge on any atom is 0.269 e. The van der Waals surface area contributed by atoms with E-state index < -0.39 is 17.9 Å². The smallest absolute Gasteiger partial charge is 0.269 e. The van der Waals surface area contributed by atoms with Gasteiger partial charge in [0.25, 0.3) is 17.7 Å². The van der Waals surface area contributed by atoms with E-state index in [9.17, 15) is 14.4 Å². The van der Waals surface area contributed by atoms with Crippen LogP contribution in [0.4, 0.5) is 5.69 Å². The Labute approximate surface area is 259 Å². The molecule has 42 heavy (non-hydrogen) atoms. The first-order valence-corrected chi connectivity index (χ1v) is 14.6. The maximum atomic E-state index is 13.7. The molecular weight excluding hydrogens is 651 g/mol. The molecule has 0 aliphatic heterocycles. The molecule has 0 heterocycles. The largest absolute Gasteiger partial charge is 0.490 e. The number of likely N-dealkylation sites (N-methyl/N-ethyl adjacent to an activating group) is 2. The fourth-order valence-electron chi connectivity index (χ4n) is 4.04. The molecule has 0 bridgehead atoms. The van der Waals surface area contributed by atoms with Crippen molar-refractivity contribution in [1.29, 1.82) is 5.41 Å². The van der Waals surface area contributed by atoms with Crippen LogP contribution in [0.5, 0.6) is 11.5 Å². The Bertz CT molecular complexity index is 1430. The Morgan fingerprint density at radius 1 is 0.952 bits per heavy atom. The number of hydrogen-bond donors (Lipinski definition) is 4. The topological polar surface area (TPSA) is 150 Å². The number of amides is 3. The third-order valence-electron chi connectivity index (χ3n) is 6.36. The van der Waals surface area contributed by atoms with Crippen molar-refractivity contribution in [2.45, 2.75) is 17.4 Å². The van der Waals surface area contributed by atoms with Gasteiger partial charge in [0.05, 0.1) is 6.61 Å². The molecule has 0 aromatic heterocycles. The Morgan fingerprint density at radius 2 is 1.64 bits per heavy atom. The molecule has 11 nitrogen and oxygen atoms in total. The summed E-state index contributed by atoms with van der Waals surface area (Å²) >= 11 is 2.18. The first-order chi connectivity index (χ1) is 20.1. The third-order valence-corrected chi connectivity index (χ3v) is 7.18. The van der Waals surface area contributed by atoms with Gasteiger partial charge in [-0.3, -0.25) is 30.6 Å². The normalized spacial score (nSPS) is 11.2. The molecule has 0 spiro atoms. The number of rotatable bonds is 12. The maximum absolute atomic E-state index is 13.7. The lowest BCUT2D eigenvalue weighted by atomic mass is 10.0. The number of hydrogen-bond acceptors (Lipinski definition) is 7. The second-order valence-corrected chi connectivity index (χ2v) is 10.2. The highest BCUT2D eigenvalue weighted by Gasteiger charge is 2.28. The molecule has 0 saturated carbocycles. The number of ether oxygens (including phenoxy) is 2. The summed E-state index contributed by atoms with van der Waals surface area (Å²) in [6, 6.07) is 18.2. The minimum atomic E-state index is -0.926. The lowest BCUT2D eigenvalue weighted by molar-refractivity contribution is -0.130. The molecular formula is C30H35IN6O5. The van der Waals surface area contributed by atoms with Crippen LogP contribution in [0.2, 0.25) is 0 Å². The number of amidine groups is 1.